The van der Waals surface area contributed by atoms with Gasteiger partial charge in [0.25, 0.3) is 0 Å². The van der Waals surface area contributed by atoms with Gasteiger partial charge < -0.3 is 10.7 Å². The van der Waals surface area contributed by atoms with E-state index in [1.54, 1.807) is 18.2 Å². The van der Waals surface area contributed by atoms with Crippen molar-refractivity contribution in [2.45, 2.75) is 0 Å². The molecule has 3 N–H and O–H groups in total. The molecule has 66 valence electrons. The number of nitrogens with one attached hydrogen (secondary N) is 1. The Morgan fingerprint density at radius 2 is 2.08 bits per heavy atom. The van der Waals surface area contributed by atoms with E-state index in [0.717, 1.165) is 0 Å². The molecule has 1 aromatic carbocycles. The number of nitrogens with zero attached hydrogens (tertiary/aromatic N) is 1. The number of benzene rings is 1. The molecule has 0 unspecified atom stereocenters. The van der Waals surface area contributed by atoms with Crippen LogP contribution in [0.2, 0.25) is 0 Å². The van der Waals surface area contributed by atoms with Crippen LogP contribution in [-0.2, 0) is 0 Å². The number of nitrogens with two attached hydrogens (primary N) is 1. The Morgan fingerprint density at radius 1 is 1.31 bits per heavy atom. The minimum absolute atomic E-state index is 0.286. The van der Waals surface area contributed by atoms with E-state index in [1.165, 1.54) is 12.3 Å². The predicted molar refractivity (Wildman–Crippen MR) is 48.4 cm³/mol. The summed E-state index contributed by atoms with van der Waals surface area (Å²) in [6.45, 7) is 0. The molecule has 0 aliphatic rings. The van der Waals surface area contributed by atoms with Crippen LogP contribution in [-0.4, -0.2) is 9.97 Å². The first-order chi connectivity index (χ1) is 6.27. The summed E-state index contributed by atoms with van der Waals surface area (Å²) in [6, 6.07) is 6.46. The molecule has 0 radical (unpaired) electrons. The molecule has 0 amide bonds. The smallest absolute Gasteiger partial charge is 0.197 e. The van der Waals surface area contributed by atoms with E-state index < -0.39 is 0 Å². The van der Waals surface area contributed by atoms with Crippen LogP contribution < -0.4 is 5.73 Å². The summed E-state index contributed by atoms with van der Waals surface area (Å²) in [5.74, 6) is 0.00408. The molecule has 1 aromatic heterocycles. The minimum atomic E-state index is -0.286. The lowest BCUT2D eigenvalue weighted by molar-refractivity contribution is 0.631. The van der Waals surface area contributed by atoms with Gasteiger partial charge in [-0.3, -0.25) is 0 Å². The molecule has 0 fully saturated rings. The quantitative estimate of drug-likeness (QED) is 0.697. The molecular formula is C9H8FN3. The fraction of sp³-hybridized carbons (Fsp3) is 0. The molecule has 0 bridgehead atoms. The fourth-order valence-electron chi connectivity index (χ4n) is 1.15. The minimum Gasteiger partial charge on any atom is -0.369 e. The third kappa shape index (κ3) is 1.38. The molecule has 0 aliphatic carbocycles. The summed E-state index contributed by atoms with van der Waals surface area (Å²) in [7, 11) is 0. The van der Waals surface area contributed by atoms with Crippen molar-refractivity contribution in [1.29, 1.82) is 0 Å². The van der Waals surface area contributed by atoms with Crippen LogP contribution in [0.15, 0.2) is 30.5 Å². The summed E-state index contributed by atoms with van der Waals surface area (Å²) in [4.78, 5) is 6.55. The van der Waals surface area contributed by atoms with Crippen LogP contribution >= 0.6 is 0 Å². The predicted octanol–water partition coefficient (Wildman–Crippen LogP) is 1.80. The van der Waals surface area contributed by atoms with Gasteiger partial charge in [0.15, 0.2) is 5.95 Å². The van der Waals surface area contributed by atoms with Crippen LogP contribution in [0.1, 0.15) is 0 Å². The van der Waals surface area contributed by atoms with E-state index in [4.69, 9.17) is 5.73 Å². The van der Waals surface area contributed by atoms with Gasteiger partial charge >= 0.3 is 0 Å². The van der Waals surface area contributed by atoms with Crippen molar-refractivity contribution in [3.8, 4) is 11.3 Å². The largest absolute Gasteiger partial charge is 0.369 e. The van der Waals surface area contributed by atoms with Crippen LogP contribution in [0, 0.1) is 5.82 Å². The highest BCUT2D eigenvalue weighted by atomic mass is 19.1. The lowest BCUT2D eigenvalue weighted by Gasteiger charge is -1.97. The van der Waals surface area contributed by atoms with Gasteiger partial charge in [-0.2, -0.15) is 0 Å². The number of imidazole rings is 1. The van der Waals surface area contributed by atoms with Crippen molar-refractivity contribution in [3.05, 3.63) is 36.3 Å². The number of H-pyrrole nitrogens is 1. The van der Waals surface area contributed by atoms with Gasteiger partial charge in [0.05, 0.1) is 11.9 Å². The molecule has 2 rings (SSSR count). The van der Waals surface area contributed by atoms with E-state index in [0.29, 0.717) is 17.2 Å². The van der Waals surface area contributed by atoms with Gasteiger partial charge in [-0.1, -0.05) is 12.1 Å². The number of aromatic nitrogens is 2. The first-order valence-corrected chi connectivity index (χ1v) is 3.83. The Balaban J connectivity index is 2.52. The van der Waals surface area contributed by atoms with Crippen molar-refractivity contribution in [1.82, 2.24) is 9.97 Å². The second-order valence-electron chi connectivity index (χ2n) is 2.66. The molecule has 3 nitrogen and oxygen atoms in total. The van der Waals surface area contributed by atoms with Crippen LogP contribution in [0.5, 0.6) is 0 Å². The first kappa shape index (κ1) is 7.79. The van der Waals surface area contributed by atoms with E-state index >= 15 is 0 Å². The second-order valence-corrected chi connectivity index (χ2v) is 2.66. The number of anilines is 1. The maximum atomic E-state index is 13.2. The molecule has 4 heteroatoms. The fourth-order valence-corrected chi connectivity index (χ4v) is 1.15. The van der Waals surface area contributed by atoms with Crippen LogP contribution in [0.4, 0.5) is 10.3 Å². The summed E-state index contributed by atoms with van der Waals surface area (Å²) >= 11 is 0. The average molecular weight is 177 g/mol. The number of hydrogen-bond donors (Lipinski definition) is 2. The number of rotatable bonds is 1. The van der Waals surface area contributed by atoms with E-state index in [-0.39, 0.29) is 5.82 Å². The number of hydrogen-bond acceptors (Lipinski definition) is 2. The number of nitrogen functional groups attached to an aromatic ring is 1. The van der Waals surface area contributed by atoms with Gasteiger partial charge in [-0.25, -0.2) is 9.37 Å². The maximum Gasteiger partial charge on any atom is 0.197 e. The standard InChI is InChI=1S/C9H8FN3/c10-7-4-2-1-3-6(7)8-5-12-9(11)13-8/h1-5H,(H3,11,12,13). The highest BCUT2D eigenvalue weighted by Crippen LogP contribution is 2.20. The number of halogens is 1. The first-order valence-electron chi connectivity index (χ1n) is 3.83. The van der Waals surface area contributed by atoms with Gasteiger partial charge in [0, 0.05) is 5.56 Å². The molecule has 0 spiro atoms. The van der Waals surface area contributed by atoms with Gasteiger partial charge in [0.2, 0.25) is 0 Å². The Bertz CT molecular complexity index is 422. The zero-order chi connectivity index (χ0) is 9.26. The Kier molecular flexibility index (Phi) is 1.73. The average Bonchev–Trinajstić information content (AvgIpc) is 2.53. The van der Waals surface area contributed by atoms with E-state index in [9.17, 15) is 4.39 Å². The summed E-state index contributed by atoms with van der Waals surface area (Å²) < 4.78 is 13.2. The van der Waals surface area contributed by atoms with E-state index in [2.05, 4.69) is 9.97 Å². The molecule has 1 heterocycles. The van der Waals surface area contributed by atoms with Crippen LogP contribution in [0.25, 0.3) is 11.3 Å². The Hall–Kier alpha value is -1.84. The molecular weight excluding hydrogens is 169 g/mol. The van der Waals surface area contributed by atoms with Crippen molar-refractivity contribution in [2.75, 3.05) is 5.73 Å². The van der Waals surface area contributed by atoms with Crippen molar-refractivity contribution in [3.63, 3.8) is 0 Å². The third-order valence-corrected chi connectivity index (χ3v) is 1.76. The molecule has 0 saturated carbocycles. The Morgan fingerprint density at radius 3 is 2.69 bits per heavy atom. The topological polar surface area (TPSA) is 54.7 Å². The Labute approximate surface area is 74.4 Å². The van der Waals surface area contributed by atoms with Gasteiger partial charge in [-0.15, -0.1) is 0 Å². The summed E-state index contributed by atoms with van der Waals surface area (Å²) in [5, 5.41) is 0. The van der Waals surface area contributed by atoms with Crippen molar-refractivity contribution >= 4 is 5.95 Å². The van der Waals surface area contributed by atoms with Crippen LogP contribution in [0.3, 0.4) is 0 Å². The monoisotopic (exact) mass is 177 g/mol. The zero-order valence-corrected chi connectivity index (χ0v) is 6.79. The maximum absolute atomic E-state index is 13.2. The highest BCUT2D eigenvalue weighted by Gasteiger charge is 2.05. The van der Waals surface area contributed by atoms with E-state index in [1.807, 2.05) is 0 Å². The molecule has 13 heavy (non-hydrogen) atoms. The number of aromatic amines is 1. The second kappa shape index (κ2) is 2.90. The summed E-state index contributed by atoms with van der Waals surface area (Å²) in [5.41, 5.74) is 6.45. The molecule has 0 aliphatic heterocycles. The highest BCUT2D eigenvalue weighted by molar-refractivity contribution is 5.60. The normalized spacial score (nSPS) is 10.2. The third-order valence-electron chi connectivity index (χ3n) is 1.76. The zero-order valence-electron chi connectivity index (χ0n) is 6.79. The van der Waals surface area contributed by atoms with Crippen molar-refractivity contribution < 1.29 is 4.39 Å². The molecule has 2 aromatic rings. The molecule has 0 saturated heterocycles. The SMILES string of the molecule is Nc1ncc(-c2ccccc2F)[nH]1. The van der Waals surface area contributed by atoms with Crippen molar-refractivity contribution in [2.24, 2.45) is 0 Å². The van der Waals surface area contributed by atoms with Gasteiger partial charge in [0.1, 0.15) is 5.82 Å². The lowest BCUT2D eigenvalue weighted by Crippen LogP contribution is -1.86. The summed E-state index contributed by atoms with van der Waals surface area (Å²) in [6.07, 6.45) is 1.51. The van der Waals surface area contributed by atoms with Gasteiger partial charge in [-0.05, 0) is 12.1 Å². The molecule has 0 atom stereocenters. The lowest BCUT2D eigenvalue weighted by atomic mass is 10.1.